The second-order valence-electron chi connectivity index (χ2n) is 6.26. The molecule has 2 nitrogen and oxygen atoms in total. The number of amidine groups is 1. The minimum atomic E-state index is 0. The van der Waals surface area contributed by atoms with Gasteiger partial charge in [0.1, 0.15) is 0 Å². The predicted octanol–water partition coefficient (Wildman–Crippen LogP) is 4.97. The molecule has 0 atom stereocenters. The molecule has 3 radical (unpaired) electrons. The highest BCUT2D eigenvalue weighted by Crippen LogP contribution is 2.15. The fourth-order valence-electron chi connectivity index (χ4n) is 2.86. The molecule has 1 fully saturated rings. The molecule has 0 unspecified atom stereocenters. The molecule has 0 spiro atoms. The number of nitrogens with zero attached hydrogens (tertiary/aromatic N) is 2. The molecule has 2 aliphatic rings. The molecule has 2 aromatic carbocycles. The highest BCUT2D eigenvalue weighted by molar-refractivity contribution is 5.83. The van der Waals surface area contributed by atoms with Crippen LogP contribution in [0.3, 0.4) is 0 Å². The number of benzene rings is 2. The van der Waals surface area contributed by atoms with Crippen LogP contribution >= 0.6 is 0 Å². The van der Waals surface area contributed by atoms with Crippen LogP contribution < -0.4 is 0 Å². The molecule has 0 aliphatic carbocycles. The number of aliphatic imine (C=N–C) groups is 1. The first kappa shape index (κ1) is 21.0. The summed E-state index contributed by atoms with van der Waals surface area (Å²) in [6.45, 7) is 5.68. The monoisotopic (exact) mass is 333 g/mol. The van der Waals surface area contributed by atoms with E-state index in [1.807, 2.05) is 54.6 Å². The molecule has 2 heterocycles. The molecule has 0 N–H and O–H groups in total. The van der Waals surface area contributed by atoms with Crippen LogP contribution in [0.2, 0.25) is 0 Å². The van der Waals surface area contributed by atoms with Crippen molar-refractivity contribution in [2.45, 2.75) is 39.0 Å². The van der Waals surface area contributed by atoms with Crippen molar-refractivity contribution in [1.82, 2.24) is 4.90 Å². The average molecular weight is 333 g/mol. The van der Waals surface area contributed by atoms with E-state index in [1.54, 1.807) is 0 Å². The van der Waals surface area contributed by atoms with Crippen LogP contribution in [0.4, 0.5) is 0 Å². The van der Waals surface area contributed by atoms with Crippen molar-refractivity contribution in [3.8, 4) is 0 Å². The first-order valence-electron chi connectivity index (χ1n) is 9.16. The van der Waals surface area contributed by atoms with E-state index in [4.69, 9.17) is 0 Å². The lowest BCUT2D eigenvalue weighted by Gasteiger charge is -2.27. The summed E-state index contributed by atoms with van der Waals surface area (Å²) in [6.07, 6.45) is 6.63. The van der Waals surface area contributed by atoms with Crippen LogP contribution in [-0.2, 0) is 0 Å². The van der Waals surface area contributed by atoms with Crippen molar-refractivity contribution in [2.24, 2.45) is 4.99 Å². The maximum atomic E-state index is 4.55. The Morgan fingerprint density at radius 2 is 1.28 bits per heavy atom. The second-order valence-corrected chi connectivity index (χ2v) is 6.26. The van der Waals surface area contributed by atoms with Crippen molar-refractivity contribution in [3.63, 3.8) is 0 Å². The fraction of sp³-hybridized carbons (Fsp3) is 0.409. The Morgan fingerprint density at radius 3 is 1.84 bits per heavy atom. The third-order valence-electron chi connectivity index (χ3n) is 4.18. The summed E-state index contributed by atoms with van der Waals surface area (Å²) in [6, 6.07) is 22.3. The van der Waals surface area contributed by atoms with Crippen molar-refractivity contribution < 1.29 is 0 Å². The van der Waals surface area contributed by atoms with Crippen molar-refractivity contribution in [1.29, 1.82) is 0 Å². The largest absolute Gasteiger partial charge is 0.360 e. The van der Waals surface area contributed by atoms with E-state index in [-0.39, 0.29) is 8.41 Å². The van der Waals surface area contributed by atoms with Gasteiger partial charge in [-0.15, -0.1) is 0 Å². The van der Waals surface area contributed by atoms with Gasteiger partial charge in [-0.2, -0.15) is 0 Å². The number of hydrogen-bond donors (Lipinski definition) is 0. The summed E-state index contributed by atoms with van der Waals surface area (Å²) < 4.78 is 0. The van der Waals surface area contributed by atoms with E-state index in [0.29, 0.717) is 0 Å². The molecule has 3 heteroatoms. The molecule has 25 heavy (non-hydrogen) atoms. The Morgan fingerprint density at radius 1 is 0.720 bits per heavy atom. The highest BCUT2D eigenvalue weighted by atomic mass is 15.2. The van der Waals surface area contributed by atoms with Crippen LogP contribution in [0.1, 0.15) is 37.7 Å². The maximum absolute atomic E-state index is 4.55. The second kappa shape index (κ2) is 13.3. The highest BCUT2D eigenvalue weighted by Gasteiger charge is 2.16. The fourth-order valence-corrected chi connectivity index (χ4v) is 2.86. The maximum Gasteiger partial charge on any atom is 0.0988 e. The van der Waals surface area contributed by atoms with E-state index < -0.39 is 0 Å². The van der Waals surface area contributed by atoms with E-state index in [1.165, 1.54) is 56.6 Å². The molecular formula is C22H30BN2. The van der Waals surface area contributed by atoms with Crippen LogP contribution in [0.15, 0.2) is 71.7 Å². The molecule has 4 rings (SSSR count). The zero-order valence-corrected chi connectivity index (χ0v) is 15.5. The Balaban J connectivity index is 0.000000195. The molecule has 0 saturated carbocycles. The van der Waals surface area contributed by atoms with Gasteiger partial charge < -0.3 is 4.90 Å². The summed E-state index contributed by atoms with van der Waals surface area (Å²) in [5, 5.41) is 0. The molecule has 0 aromatic heterocycles. The standard InChI is InChI=1S/C9H16N2.C7H8.C6H6.B/c1-2-5-9-10-6-4-8-11(9)7-3-1;1-7-5-3-2-4-6-7;1-2-4-6-5-3-1;/h1-8H2;2-6H,1H3;1-6H;. The topological polar surface area (TPSA) is 15.6 Å². The number of rotatable bonds is 0. The van der Waals surface area contributed by atoms with Crippen molar-refractivity contribution in [2.75, 3.05) is 19.6 Å². The van der Waals surface area contributed by atoms with Gasteiger partial charge in [0, 0.05) is 34.5 Å². The zero-order valence-electron chi connectivity index (χ0n) is 15.5. The van der Waals surface area contributed by atoms with E-state index in [2.05, 4.69) is 28.9 Å². The third-order valence-corrected chi connectivity index (χ3v) is 4.18. The van der Waals surface area contributed by atoms with E-state index in [0.717, 1.165) is 6.54 Å². The summed E-state index contributed by atoms with van der Waals surface area (Å²) in [4.78, 5) is 7.04. The Labute approximate surface area is 155 Å². The van der Waals surface area contributed by atoms with Gasteiger partial charge in [-0.25, -0.2) is 0 Å². The van der Waals surface area contributed by atoms with E-state index in [9.17, 15) is 0 Å². The van der Waals surface area contributed by atoms with Gasteiger partial charge in [0.15, 0.2) is 0 Å². The quantitative estimate of drug-likeness (QED) is 0.622. The first-order chi connectivity index (χ1) is 11.9. The van der Waals surface area contributed by atoms with Crippen LogP contribution in [0.5, 0.6) is 0 Å². The Bertz CT molecular complexity index is 542. The molecule has 2 aromatic rings. The minimum Gasteiger partial charge on any atom is -0.360 e. The molecular weight excluding hydrogens is 303 g/mol. The van der Waals surface area contributed by atoms with Gasteiger partial charge in [0.2, 0.25) is 0 Å². The summed E-state index contributed by atoms with van der Waals surface area (Å²) in [7, 11) is 0. The van der Waals surface area contributed by atoms with E-state index >= 15 is 0 Å². The average Bonchev–Trinajstić information content (AvgIpc) is 2.90. The van der Waals surface area contributed by atoms with Crippen LogP contribution in [0, 0.1) is 6.92 Å². The minimum absolute atomic E-state index is 0. The lowest BCUT2D eigenvalue weighted by Crippen LogP contribution is -2.34. The van der Waals surface area contributed by atoms with Crippen LogP contribution in [-0.4, -0.2) is 38.8 Å². The summed E-state index contributed by atoms with van der Waals surface area (Å²) >= 11 is 0. The number of aryl methyl sites for hydroxylation is 1. The van der Waals surface area contributed by atoms with Gasteiger partial charge in [-0.1, -0.05) is 78.7 Å². The lowest BCUT2D eigenvalue weighted by molar-refractivity contribution is 0.391. The molecule has 0 amide bonds. The summed E-state index contributed by atoms with van der Waals surface area (Å²) in [5.74, 6) is 1.40. The van der Waals surface area contributed by atoms with Gasteiger partial charge in [-0.3, -0.25) is 4.99 Å². The van der Waals surface area contributed by atoms with Gasteiger partial charge in [0.25, 0.3) is 0 Å². The summed E-state index contributed by atoms with van der Waals surface area (Å²) in [5.41, 5.74) is 1.32. The lowest BCUT2D eigenvalue weighted by atomic mass is 10.2. The number of hydrogen-bond acceptors (Lipinski definition) is 2. The normalized spacial score (nSPS) is 15.6. The van der Waals surface area contributed by atoms with Gasteiger partial charge in [0.05, 0.1) is 5.84 Å². The zero-order chi connectivity index (χ0) is 16.9. The Kier molecular flexibility index (Phi) is 11.2. The number of fused-ring (bicyclic) bond motifs is 1. The van der Waals surface area contributed by atoms with Crippen molar-refractivity contribution >= 4 is 14.2 Å². The molecule has 1 saturated heterocycles. The van der Waals surface area contributed by atoms with Gasteiger partial charge in [-0.05, 0) is 26.2 Å². The smallest absolute Gasteiger partial charge is 0.0988 e. The predicted molar refractivity (Wildman–Crippen MR) is 110 cm³/mol. The molecule has 131 valence electrons. The third kappa shape index (κ3) is 9.14. The Hall–Kier alpha value is -2.03. The molecule has 0 bridgehead atoms. The SMILES string of the molecule is C1CCC2=NCCCN2CC1.Cc1ccccc1.[B].c1ccccc1. The van der Waals surface area contributed by atoms with Gasteiger partial charge >= 0.3 is 0 Å². The first-order valence-corrected chi connectivity index (χ1v) is 9.16. The van der Waals surface area contributed by atoms with Crippen molar-refractivity contribution in [3.05, 3.63) is 72.3 Å². The molecule has 2 aliphatic heterocycles. The van der Waals surface area contributed by atoms with Crippen LogP contribution in [0.25, 0.3) is 0 Å².